The van der Waals surface area contributed by atoms with Crippen LogP contribution in [-0.2, 0) is 5.41 Å². The van der Waals surface area contributed by atoms with E-state index in [0.29, 0.717) is 0 Å². The van der Waals surface area contributed by atoms with Gasteiger partial charge in [-0.3, -0.25) is 0 Å². The Bertz CT molecular complexity index is 3510. The number of hydrogen-bond donors (Lipinski definition) is 0. The van der Waals surface area contributed by atoms with E-state index in [1.165, 1.54) is 98.7 Å². The molecule has 0 fully saturated rings. The highest BCUT2D eigenvalue weighted by molar-refractivity contribution is 6.28. The molecule has 1 aliphatic carbocycles. The molecule has 0 amide bonds. The van der Waals surface area contributed by atoms with Crippen LogP contribution >= 0.6 is 0 Å². The molecule has 0 aliphatic heterocycles. The Morgan fingerprint density at radius 1 is 0.323 bits per heavy atom. The van der Waals surface area contributed by atoms with E-state index in [1.54, 1.807) is 0 Å². The molecule has 292 valence electrons. The Balaban J connectivity index is 1.13. The van der Waals surface area contributed by atoms with Crippen molar-refractivity contribution in [3.63, 3.8) is 0 Å². The van der Waals surface area contributed by atoms with Crippen molar-refractivity contribution >= 4 is 60.2 Å². The van der Waals surface area contributed by atoms with Gasteiger partial charge in [0.1, 0.15) is 0 Å². The highest BCUT2D eigenvalue weighted by atomic mass is 15.1. The number of hydrogen-bond acceptors (Lipinski definition) is 1. The minimum absolute atomic E-state index is 0.134. The van der Waals surface area contributed by atoms with Crippen molar-refractivity contribution in [2.45, 2.75) is 19.3 Å². The lowest BCUT2D eigenvalue weighted by atomic mass is 9.80. The summed E-state index contributed by atoms with van der Waals surface area (Å²) >= 11 is 0. The Labute approximate surface area is 362 Å². The number of rotatable bonds is 6. The van der Waals surface area contributed by atoms with E-state index in [-0.39, 0.29) is 5.41 Å². The summed E-state index contributed by atoms with van der Waals surface area (Å²) in [5.74, 6) is 0. The molecule has 11 aromatic carbocycles. The monoisotopic (exact) mass is 789 g/mol. The Morgan fingerprint density at radius 2 is 0.806 bits per heavy atom. The molecule has 11 aromatic rings. The number of anilines is 3. The molecule has 0 unspecified atom stereocenters. The molecule has 0 atom stereocenters. The lowest BCUT2D eigenvalue weighted by Crippen LogP contribution is -2.16. The van der Waals surface area contributed by atoms with Crippen molar-refractivity contribution in [2.75, 3.05) is 4.90 Å². The summed E-state index contributed by atoms with van der Waals surface area (Å²) in [5.41, 5.74) is 15.9. The van der Waals surface area contributed by atoms with Gasteiger partial charge < -0.3 is 4.90 Å². The molecule has 62 heavy (non-hydrogen) atoms. The second kappa shape index (κ2) is 14.2. The van der Waals surface area contributed by atoms with Gasteiger partial charge in [0.05, 0.1) is 11.4 Å². The minimum Gasteiger partial charge on any atom is -0.309 e. The van der Waals surface area contributed by atoms with Crippen molar-refractivity contribution in [2.24, 2.45) is 0 Å². The van der Waals surface area contributed by atoms with E-state index in [0.717, 1.165) is 17.1 Å². The zero-order chi connectivity index (χ0) is 41.4. The average molecular weight is 790 g/mol. The number of para-hydroxylation sites is 1. The fraction of sp³-hybridized carbons (Fsp3) is 0.0492. The van der Waals surface area contributed by atoms with Crippen LogP contribution < -0.4 is 4.90 Å². The van der Waals surface area contributed by atoms with Crippen molar-refractivity contribution in [3.8, 4) is 44.5 Å². The van der Waals surface area contributed by atoms with Crippen LogP contribution in [0.15, 0.2) is 224 Å². The van der Waals surface area contributed by atoms with Crippen molar-refractivity contribution in [1.82, 2.24) is 0 Å². The lowest BCUT2D eigenvalue weighted by molar-refractivity contribution is 0.666. The molecule has 0 N–H and O–H groups in total. The molecule has 0 bridgehead atoms. The summed E-state index contributed by atoms with van der Waals surface area (Å²) in [5, 5.41) is 10.1. The molecule has 0 saturated carbocycles. The zero-order valence-corrected chi connectivity index (χ0v) is 34.8. The maximum absolute atomic E-state index is 2.50. The first-order valence-corrected chi connectivity index (χ1v) is 21.7. The van der Waals surface area contributed by atoms with Crippen LogP contribution in [-0.4, -0.2) is 0 Å². The van der Waals surface area contributed by atoms with Gasteiger partial charge in [-0.2, -0.15) is 0 Å². The van der Waals surface area contributed by atoms with E-state index in [9.17, 15) is 0 Å². The molecule has 0 spiro atoms. The van der Waals surface area contributed by atoms with Gasteiger partial charge in [0.25, 0.3) is 0 Å². The van der Waals surface area contributed by atoms with Crippen LogP contribution in [0, 0.1) is 0 Å². The van der Waals surface area contributed by atoms with Crippen LogP contribution in [0.25, 0.3) is 87.6 Å². The molecule has 0 aromatic heterocycles. The number of fused-ring (bicyclic) bond motifs is 10. The number of nitrogens with zero attached hydrogens (tertiary/aromatic N) is 1. The van der Waals surface area contributed by atoms with Crippen LogP contribution in [0.1, 0.15) is 25.0 Å². The first-order chi connectivity index (χ1) is 30.5. The lowest BCUT2D eigenvalue weighted by Gasteiger charge is -2.31. The van der Waals surface area contributed by atoms with E-state index >= 15 is 0 Å². The molecule has 0 heterocycles. The summed E-state index contributed by atoms with van der Waals surface area (Å²) in [6.45, 7) is 4.76. The summed E-state index contributed by atoms with van der Waals surface area (Å²) in [7, 11) is 0. The van der Waals surface area contributed by atoms with Gasteiger partial charge in [-0.15, -0.1) is 0 Å². The topological polar surface area (TPSA) is 3.24 Å². The molecular formula is C61H43N. The second-order valence-electron chi connectivity index (χ2n) is 17.2. The van der Waals surface area contributed by atoms with E-state index in [2.05, 4.69) is 243 Å². The van der Waals surface area contributed by atoms with Crippen LogP contribution in [0.4, 0.5) is 17.1 Å². The Hall–Kier alpha value is -7.74. The summed E-state index contributed by atoms with van der Waals surface area (Å²) in [4.78, 5) is 2.50. The molecule has 0 radical (unpaired) electrons. The quantitative estimate of drug-likeness (QED) is 0.152. The van der Waals surface area contributed by atoms with Crippen LogP contribution in [0.2, 0.25) is 0 Å². The minimum atomic E-state index is -0.134. The van der Waals surface area contributed by atoms with Gasteiger partial charge in [0, 0.05) is 22.1 Å². The normalized spacial score (nSPS) is 12.8. The smallest absolute Gasteiger partial charge is 0.0546 e. The molecule has 0 saturated heterocycles. The Kier molecular flexibility index (Phi) is 8.27. The van der Waals surface area contributed by atoms with Gasteiger partial charge >= 0.3 is 0 Å². The fourth-order valence-corrected chi connectivity index (χ4v) is 10.6. The maximum Gasteiger partial charge on any atom is 0.0546 e. The standard InChI is InChI=1S/C61H43N/c1-61(2)55-31-17-15-28-49(55)54-39-57(50-29-13-14-30-51(50)60(54)61)62(56-32-18-16-25-46(56)40-19-5-3-6-20-40)45-35-33-42(34-36-45)53-38-44-24-10-12-27-48(44)58-47-26-11-9-23-43(47)37-52(59(53)58)41-21-7-4-8-22-41/h3-39H,1-2H3. The summed E-state index contributed by atoms with van der Waals surface area (Å²) < 4.78 is 0. The van der Waals surface area contributed by atoms with Crippen LogP contribution in [0.3, 0.4) is 0 Å². The van der Waals surface area contributed by atoms with Gasteiger partial charge in [-0.1, -0.05) is 202 Å². The van der Waals surface area contributed by atoms with Crippen molar-refractivity contribution in [3.05, 3.63) is 236 Å². The predicted molar refractivity (Wildman–Crippen MR) is 265 cm³/mol. The third-order valence-electron chi connectivity index (χ3n) is 13.4. The molecular weight excluding hydrogens is 747 g/mol. The molecule has 12 rings (SSSR count). The van der Waals surface area contributed by atoms with Crippen molar-refractivity contribution in [1.29, 1.82) is 0 Å². The molecule has 1 heteroatoms. The van der Waals surface area contributed by atoms with Gasteiger partial charge in [0.15, 0.2) is 0 Å². The fourth-order valence-electron chi connectivity index (χ4n) is 10.6. The van der Waals surface area contributed by atoms with E-state index < -0.39 is 0 Å². The van der Waals surface area contributed by atoms with Crippen LogP contribution in [0.5, 0.6) is 0 Å². The SMILES string of the molecule is CC1(C)c2ccccc2-c2cc(N(c3ccc(-c4cc5ccccc5c5c4c(-c4ccccc4)cc4ccccc45)cc3)c3ccccc3-c3ccccc3)c3ccccc3c21. The van der Waals surface area contributed by atoms with E-state index in [1.807, 2.05) is 0 Å². The summed E-state index contributed by atoms with van der Waals surface area (Å²) in [6.07, 6.45) is 0. The maximum atomic E-state index is 2.50. The zero-order valence-electron chi connectivity index (χ0n) is 34.8. The molecule has 1 aliphatic rings. The first-order valence-electron chi connectivity index (χ1n) is 21.7. The Morgan fingerprint density at radius 3 is 1.45 bits per heavy atom. The van der Waals surface area contributed by atoms with Gasteiger partial charge in [-0.25, -0.2) is 0 Å². The predicted octanol–water partition coefficient (Wildman–Crippen LogP) is 17.1. The average Bonchev–Trinajstić information content (AvgIpc) is 3.57. The van der Waals surface area contributed by atoms with Crippen molar-refractivity contribution < 1.29 is 0 Å². The highest BCUT2D eigenvalue weighted by Crippen LogP contribution is 2.55. The highest BCUT2D eigenvalue weighted by Gasteiger charge is 2.38. The third-order valence-corrected chi connectivity index (χ3v) is 13.4. The third kappa shape index (κ3) is 5.55. The first kappa shape index (κ1) is 36.1. The van der Waals surface area contributed by atoms with E-state index in [4.69, 9.17) is 0 Å². The van der Waals surface area contributed by atoms with Gasteiger partial charge in [0.2, 0.25) is 0 Å². The van der Waals surface area contributed by atoms with Gasteiger partial charge in [-0.05, 0) is 124 Å². The second-order valence-corrected chi connectivity index (χ2v) is 17.2. The number of benzene rings is 11. The largest absolute Gasteiger partial charge is 0.309 e. The summed E-state index contributed by atoms with van der Waals surface area (Å²) in [6, 6.07) is 82.9. The molecule has 1 nitrogen and oxygen atoms in total.